The van der Waals surface area contributed by atoms with Gasteiger partial charge in [0.25, 0.3) is 0 Å². The van der Waals surface area contributed by atoms with Crippen molar-refractivity contribution in [3.63, 3.8) is 0 Å². The molecule has 0 bridgehead atoms. The maximum absolute atomic E-state index is 13.1. The van der Waals surface area contributed by atoms with Gasteiger partial charge in [-0.25, -0.2) is 4.79 Å². The zero-order valence-electron chi connectivity index (χ0n) is 21.6. The number of amides is 2. The van der Waals surface area contributed by atoms with Gasteiger partial charge in [-0.2, -0.15) is 13.2 Å². The third-order valence-corrected chi connectivity index (χ3v) is 7.06. The minimum atomic E-state index is -5.08. The Balaban J connectivity index is 0.000000532. The number of methoxy groups -OCH3 is 1. The van der Waals surface area contributed by atoms with Crippen LogP contribution in [0, 0.1) is 17.8 Å². The molecular formula is C27H28ClF3N2O6. The van der Waals surface area contributed by atoms with Crippen molar-refractivity contribution >= 4 is 35.4 Å². The molecule has 2 aromatic rings. The van der Waals surface area contributed by atoms with Gasteiger partial charge in [-0.3, -0.25) is 24.6 Å². The number of carboxylic acid groups (broad SMARTS) is 1. The number of ether oxygens (including phenoxy) is 1. The van der Waals surface area contributed by atoms with E-state index in [4.69, 9.17) is 26.2 Å². The van der Waals surface area contributed by atoms with Crippen LogP contribution in [0.4, 0.5) is 13.2 Å². The number of likely N-dealkylation sites (tertiary alicyclic amines) is 1. The monoisotopic (exact) mass is 568 g/mol. The molecule has 0 aliphatic carbocycles. The number of hydrogen-bond acceptors (Lipinski definition) is 6. The van der Waals surface area contributed by atoms with Gasteiger partial charge in [0.05, 0.1) is 18.9 Å². The minimum absolute atomic E-state index is 0.111. The normalized spacial score (nSPS) is 24.3. The van der Waals surface area contributed by atoms with E-state index in [0.29, 0.717) is 11.4 Å². The highest BCUT2D eigenvalue weighted by molar-refractivity contribution is 6.30. The minimum Gasteiger partial charge on any atom is -0.475 e. The number of fused-ring (bicyclic) bond motifs is 1. The molecule has 2 N–H and O–H groups in total. The first-order chi connectivity index (χ1) is 18.1. The molecule has 2 aliphatic rings. The standard InChI is InChI=1S/C25H27ClN2O4.C2HF3O2/c1-14(2)13-25(24(31)32-4)20-19(22(29)28(3)23(20)30)21(27-25)16-10-8-15(9-11-16)17-6-5-7-18(26)12-17;3-2(4,5)1(6)7/h5-12,14,19-21,27H,13H2,1-4H3;(H,6,7)/t19-,20-,21-,25-;/m1./s1. The molecule has 8 nitrogen and oxygen atoms in total. The summed E-state index contributed by atoms with van der Waals surface area (Å²) in [6.45, 7) is 3.97. The third-order valence-electron chi connectivity index (χ3n) is 6.82. The van der Waals surface area contributed by atoms with Crippen molar-refractivity contribution in [2.45, 2.75) is 38.0 Å². The molecule has 0 radical (unpaired) electrons. The first-order valence-corrected chi connectivity index (χ1v) is 12.4. The summed E-state index contributed by atoms with van der Waals surface area (Å²) in [7, 11) is 2.80. The first kappa shape index (κ1) is 30.1. The number of benzene rings is 2. The number of nitrogens with one attached hydrogen (secondary N) is 1. The number of imide groups is 1. The van der Waals surface area contributed by atoms with Crippen molar-refractivity contribution < 1.29 is 42.2 Å². The van der Waals surface area contributed by atoms with Gasteiger partial charge in [0, 0.05) is 18.1 Å². The summed E-state index contributed by atoms with van der Waals surface area (Å²) in [4.78, 5) is 49.3. The van der Waals surface area contributed by atoms with E-state index in [0.717, 1.165) is 21.6 Å². The quantitative estimate of drug-likeness (QED) is 0.404. The summed E-state index contributed by atoms with van der Waals surface area (Å²) < 4.78 is 36.9. The molecule has 39 heavy (non-hydrogen) atoms. The smallest absolute Gasteiger partial charge is 0.475 e. The zero-order chi connectivity index (χ0) is 29.3. The number of carboxylic acids is 1. The van der Waals surface area contributed by atoms with E-state index in [1.807, 2.05) is 62.4 Å². The molecule has 210 valence electrons. The summed E-state index contributed by atoms with van der Waals surface area (Å²) in [6, 6.07) is 14.9. The van der Waals surface area contributed by atoms with Crippen LogP contribution in [0.5, 0.6) is 0 Å². The van der Waals surface area contributed by atoms with Crippen LogP contribution in [0.15, 0.2) is 48.5 Å². The van der Waals surface area contributed by atoms with E-state index in [2.05, 4.69) is 5.32 Å². The molecule has 4 rings (SSSR count). The number of halogens is 4. The molecule has 0 saturated carbocycles. The first-order valence-electron chi connectivity index (χ1n) is 12.0. The van der Waals surface area contributed by atoms with E-state index >= 15 is 0 Å². The van der Waals surface area contributed by atoms with Crippen LogP contribution in [0.25, 0.3) is 11.1 Å². The van der Waals surface area contributed by atoms with Crippen LogP contribution < -0.4 is 5.32 Å². The highest BCUT2D eigenvalue weighted by atomic mass is 35.5. The second-order valence-corrected chi connectivity index (χ2v) is 10.3. The van der Waals surface area contributed by atoms with Gasteiger partial charge < -0.3 is 9.84 Å². The van der Waals surface area contributed by atoms with Gasteiger partial charge in [-0.05, 0) is 41.2 Å². The lowest BCUT2D eigenvalue weighted by Gasteiger charge is -2.33. The molecule has 0 spiro atoms. The van der Waals surface area contributed by atoms with Gasteiger partial charge in [0.15, 0.2) is 0 Å². The van der Waals surface area contributed by atoms with Crippen LogP contribution >= 0.6 is 11.6 Å². The number of hydrogen-bond donors (Lipinski definition) is 2. The Hall–Kier alpha value is -3.44. The van der Waals surface area contributed by atoms with Crippen molar-refractivity contribution in [1.82, 2.24) is 10.2 Å². The molecule has 2 saturated heterocycles. The summed E-state index contributed by atoms with van der Waals surface area (Å²) in [5.74, 6) is -5.22. The van der Waals surface area contributed by atoms with Crippen molar-refractivity contribution in [3.8, 4) is 11.1 Å². The number of nitrogens with zero attached hydrogens (tertiary/aromatic N) is 1. The molecule has 2 amide bonds. The summed E-state index contributed by atoms with van der Waals surface area (Å²) >= 11 is 6.12. The molecule has 2 aromatic carbocycles. The molecule has 0 aromatic heterocycles. The second kappa shape index (κ2) is 11.4. The van der Waals surface area contributed by atoms with Gasteiger partial charge in [-0.15, -0.1) is 0 Å². The Morgan fingerprint density at radius 3 is 2.18 bits per heavy atom. The molecule has 0 unspecified atom stereocenters. The maximum Gasteiger partial charge on any atom is 0.490 e. The van der Waals surface area contributed by atoms with Crippen LogP contribution in [0.2, 0.25) is 5.02 Å². The number of aliphatic carboxylic acids is 1. The fraction of sp³-hybridized carbons (Fsp3) is 0.407. The number of alkyl halides is 3. The summed E-state index contributed by atoms with van der Waals surface area (Å²) in [5, 5.41) is 11.2. The second-order valence-electron chi connectivity index (χ2n) is 9.86. The van der Waals surface area contributed by atoms with Crippen molar-refractivity contribution in [2.24, 2.45) is 17.8 Å². The van der Waals surface area contributed by atoms with Gasteiger partial charge >= 0.3 is 18.1 Å². The van der Waals surface area contributed by atoms with Gasteiger partial charge in [0.1, 0.15) is 5.54 Å². The fourth-order valence-electron chi connectivity index (χ4n) is 5.27. The lowest BCUT2D eigenvalue weighted by atomic mass is 9.75. The lowest BCUT2D eigenvalue weighted by Crippen LogP contribution is -2.56. The van der Waals surface area contributed by atoms with E-state index in [-0.39, 0.29) is 17.7 Å². The fourth-order valence-corrected chi connectivity index (χ4v) is 5.46. The molecule has 2 aliphatic heterocycles. The SMILES string of the molecule is COC(=O)[C@]1(CC(C)C)N[C@H](c2ccc(-c3cccc(Cl)c3)cc2)[C@@H]2C(=O)N(C)C(=O)[C@@H]21.O=C(O)C(F)(F)F. The van der Waals surface area contributed by atoms with E-state index in [9.17, 15) is 27.6 Å². The number of carbonyl (C=O) groups is 4. The Morgan fingerprint density at radius 1 is 1.10 bits per heavy atom. The highest BCUT2D eigenvalue weighted by Crippen LogP contribution is 2.51. The summed E-state index contributed by atoms with van der Waals surface area (Å²) in [6.07, 6.45) is -4.69. The van der Waals surface area contributed by atoms with Crippen molar-refractivity contribution in [1.29, 1.82) is 0 Å². The lowest BCUT2D eigenvalue weighted by molar-refractivity contribution is -0.192. The van der Waals surface area contributed by atoms with Gasteiger partial charge in [0.2, 0.25) is 11.8 Å². The molecule has 12 heteroatoms. The Labute approximate surface area is 228 Å². The largest absolute Gasteiger partial charge is 0.490 e. The average molecular weight is 569 g/mol. The van der Waals surface area contributed by atoms with Crippen LogP contribution in [0.3, 0.4) is 0 Å². The predicted molar refractivity (Wildman–Crippen MR) is 135 cm³/mol. The average Bonchev–Trinajstić information content (AvgIpc) is 3.32. The molecule has 2 fully saturated rings. The Morgan fingerprint density at radius 2 is 1.69 bits per heavy atom. The zero-order valence-corrected chi connectivity index (χ0v) is 22.3. The third kappa shape index (κ3) is 5.94. The van der Waals surface area contributed by atoms with E-state index < -0.39 is 41.5 Å². The van der Waals surface area contributed by atoms with Crippen molar-refractivity contribution in [2.75, 3.05) is 14.2 Å². The molecular weight excluding hydrogens is 541 g/mol. The maximum atomic E-state index is 13.1. The highest BCUT2D eigenvalue weighted by Gasteiger charge is 2.68. The summed E-state index contributed by atoms with van der Waals surface area (Å²) in [5.41, 5.74) is 1.56. The van der Waals surface area contributed by atoms with E-state index in [1.54, 1.807) is 0 Å². The van der Waals surface area contributed by atoms with E-state index in [1.165, 1.54) is 14.2 Å². The number of rotatable bonds is 5. The topological polar surface area (TPSA) is 113 Å². The van der Waals surface area contributed by atoms with Crippen molar-refractivity contribution in [3.05, 3.63) is 59.1 Å². The van der Waals surface area contributed by atoms with Crippen LogP contribution in [-0.4, -0.2) is 59.6 Å². The molecule has 4 atom stereocenters. The predicted octanol–water partition coefficient (Wildman–Crippen LogP) is 4.47. The van der Waals surface area contributed by atoms with Crippen LogP contribution in [0.1, 0.15) is 31.9 Å². The number of esters is 1. The van der Waals surface area contributed by atoms with Gasteiger partial charge in [-0.1, -0.05) is 61.8 Å². The molecule has 2 heterocycles. The van der Waals surface area contributed by atoms with Crippen LogP contribution in [-0.2, 0) is 23.9 Å². The Kier molecular flexibility index (Phi) is 8.76. The number of carbonyl (C=O) groups excluding carboxylic acids is 3. The Bertz CT molecular complexity index is 1270.